The molecule has 1 fully saturated rings. The molecule has 8 rings (SSSR count). The molecule has 2 aromatic carbocycles. The topological polar surface area (TPSA) is 245 Å². The van der Waals surface area contributed by atoms with Crippen molar-refractivity contribution in [2.45, 2.75) is 60.3 Å². The molecule has 3 amide bonds. The van der Waals surface area contributed by atoms with Gasteiger partial charge in [0.1, 0.15) is 40.2 Å². The summed E-state index contributed by atoms with van der Waals surface area (Å²) in [7, 11) is 1.56. The number of ether oxygens (including phenoxy) is 3. The number of hydrogen-bond donors (Lipinski definition) is 4. The fraction of sp³-hybridized carbons (Fsp3) is 0.372. The maximum atomic E-state index is 13.9. The van der Waals surface area contributed by atoms with E-state index in [-0.39, 0.29) is 36.5 Å². The van der Waals surface area contributed by atoms with Crippen LogP contribution in [-0.2, 0) is 30.9 Å². The predicted molar refractivity (Wildman–Crippen MR) is 238 cm³/mol. The number of fused-ring (bicyclic) bond motifs is 2. The number of allylic oxidation sites excluding steroid dienone is 2. The molecule has 5 N–H and O–H groups in total. The van der Waals surface area contributed by atoms with E-state index in [2.05, 4.69) is 40.9 Å². The molecule has 6 heterocycles. The van der Waals surface area contributed by atoms with Gasteiger partial charge in [-0.25, -0.2) is 15.0 Å². The number of aromatic nitrogens is 11. The molecule has 1 aliphatic heterocycles. The maximum Gasteiger partial charge on any atom is 0.276 e. The number of aromatic amines is 1. The zero-order chi connectivity index (χ0) is 44.9. The van der Waals surface area contributed by atoms with Crippen LogP contribution in [0.15, 0.2) is 54.9 Å². The molecule has 334 valence electrons. The van der Waals surface area contributed by atoms with Crippen molar-refractivity contribution in [2.75, 3.05) is 57.2 Å². The summed E-state index contributed by atoms with van der Waals surface area (Å²) in [5.41, 5.74) is 11.0. The molecule has 0 aliphatic carbocycles. The lowest BCUT2D eigenvalue weighted by atomic mass is 10.1. The maximum absolute atomic E-state index is 13.9. The van der Waals surface area contributed by atoms with Crippen molar-refractivity contribution in [3.63, 3.8) is 0 Å². The molecule has 0 bridgehead atoms. The Hall–Kier alpha value is -7.39. The Balaban J connectivity index is 1.15. The number of hydrogen-bond acceptors (Lipinski definition) is 13. The summed E-state index contributed by atoms with van der Waals surface area (Å²) in [6, 6.07) is 10.3. The quantitative estimate of drug-likeness (QED) is 0.0699. The average molecular weight is 874 g/mol. The SMILES string of the molecule is CCn1nc(C)cc1C(=O)Nc1nc2cc(-c3ncn[nH]3)cc(OC)c2n1C/C=C/Cn1c(NC(=O)c2cc(C)nn2CC)nc2cc(C(N)=O)cc(OCCCN3CCOCC3)c21. The van der Waals surface area contributed by atoms with E-state index in [4.69, 9.17) is 29.9 Å². The molecule has 64 heavy (non-hydrogen) atoms. The number of morpholine rings is 1. The first-order valence-electron chi connectivity index (χ1n) is 21.1. The third-order valence-corrected chi connectivity index (χ3v) is 10.8. The number of anilines is 2. The Kier molecular flexibility index (Phi) is 12.8. The van der Waals surface area contributed by atoms with E-state index in [1.54, 1.807) is 40.7 Å². The third-order valence-electron chi connectivity index (χ3n) is 10.8. The van der Waals surface area contributed by atoms with E-state index in [0.717, 1.165) is 26.1 Å². The van der Waals surface area contributed by atoms with Crippen molar-refractivity contribution in [1.82, 2.24) is 58.7 Å². The fourth-order valence-corrected chi connectivity index (χ4v) is 7.82. The van der Waals surface area contributed by atoms with Gasteiger partial charge in [0.15, 0.2) is 5.82 Å². The molecule has 0 spiro atoms. The van der Waals surface area contributed by atoms with E-state index in [0.29, 0.717) is 101 Å². The Morgan fingerprint density at radius 2 is 1.42 bits per heavy atom. The molecular weight excluding hydrogens is 823 g/mol. The van der Waals surface area contributed by atoms with Crippen LogP contribution >= 0.6 is 0 Å². The van der Waals surface area contributed by atoms with Gasteiger partial charge >= 0.3 is 0 Å². The minimum absolute atomic E-state index is 0.203. The van der Waals surface area contributed by atoms with E-state index in [9.17, 15) is 14.4 Å². The van der Waals surface area contributed by atoms with Gasteiger partial charge in [0.25, 0.3) is 11.8 Å². The highest BCUT2D eigenvalue weighted by Gasteiger charge is 2.24. The van der Waals surface area contributed by atoms with E-state index in [1.807, 2.05) is 61.1 Å². The summed E-state index contributed by atoms with van der Waals surface area (Å²) < 4.78 is 24.7. The smallest absolute Gasteiger partial charge is 0.276 e. The van der Waals surface area contributed by atoms with Crippen molar-refractivity contribution in [3.05, 3.63) is 83.2 Å². The van der Waals surface area contributed by atoms with Gasteiger partial charge in [0, 0.05) is 56.9 Å². The number of amides is 3. The highest BCUT2D eigenvalue weighted by atomic mass is 16.5. The van der Waals surface area contributed by atoms with Gasteiger partial charge in [0.05, 0.1) is 49.4 Å². The molecule has 0 unspecified atom stereocenters. The van der Waals surface area contributed by atoms with Gasteiger partial charge in [-0.2, -0.15) is 15.3 Å². The number of aryl methyl sites for hydroxylation is 4. The number of carbonyl (C=O) groups is 3. The van der Waals surface area contributed by atoms with Crippen molar-refractivity contribution in [1.29, 1.82) is 0 Å². The first-order valence-corrected chi connectivity index (χ1v) is 21.1. The largest absolute Gasteiger partial charge is 0.494 e. The zero-order valence-electron chi connectivity index (χ0n) is 36.4. The van der Waals surface area contributed by atoms with Crippen molar-refractivity contribution in [3.8, 4) is 22.9 Å². The Morgan fingerprint density at radius 1 is 0.828 bits per heavy atom. The second-order valence-corrected chi connectivity index (χ2v) is 15.2. The molecule has 0 atom stereocenters. The lowest BCUT2D eigenvalue weighted by Gasteiger charge is -2.26. The standard InChI is InChI=1S/C43H51N15O6/c1-6-57-32(19-26(3)52-57)40(60)49-42-48-31-22-29(39-45-25-46-51-39)24-34(62-5)36(31)55(42)12-8-9-13-56-37-30(47-43(56)50-41(61)33-20-27(4)53-58(33)7-2)21-28(38(44)59)23-35(37)64-16-10-11-54-14-17-63-18-15-54/h8-9,19-25H,6-7,10-18H2,1-5H3,(H2,44,59)(H,45,46,51)(H,47,50,61)(H,48,49,60)/b9-8+. The summed E-state index contributed by atoms with van der Waals surface area (Å²) >= 11 is 0. The molecule has 21 heteroatoms. The van der Waals surface area contributed by atoms with Crippen molar-refractivity contribution >= 4 is 51.7 Å². The van der Waals surface area contributed by atoms with Gasteiger partial charge in [0.2, 0.25) is 17.8 Å². The lowest BCUT2D eigenvalue weighted by Crippen LogP contribution is -2.37. The number of H-pyrrole nitrogens is 1. The van der Waals surface area contributed by atoms with Crippen LogP contribution in [0.5, 0.6) is 11.5 Å². The Bertz CT molecular complexity index is 2840. The number of rotatable bonds is 18. The monoisotopic (exact) mass is 873 g/mol. The minimum Gasteiger partial charge on any atom is -0.494 e. The highest BCUT2D eigenvalue weighted by Crippen LogP contribution is 2.35. The number of imidazole rings is 2. The number of methoxy groups -OCH3 is 1. The number of nitrogens with zero attached hydrogens (tertiary/aromatic N) is 11. The number of carbonyl (C=O) groups excluding carboxylic acids is 3. The fourth-order valence-electron chi connectivity index (χ4n) is 7.82. The minimum atomic E-state index is -0.643. The summed E-state index contributed by atoms with van der Waals surface area (Å²) in [6.07, 6.45) is 5.96. The number of nitrogens with two attached hydrogens (primary N) is 1. The first-order chi connectivity index (χ1) is 31.0. The van der Waals surface area contributed by atoms with Crippen LogP contribution in [0.1, 0.15) is 63.0 Å². The molecule has 0 radical (unpaired) electrons. The molecule has 1 saturated heterocycles. The van der Waals surface area contributed by atoms with Crippen molar-refractivity contribution in [2.24, 2.45) is 5.73 Å². The van der Waals surface area contributed by atoms with Gasteiger partial charge in [-0.15, -0.1) is 0 Å². The van der Waals surface area contributed by atoms with Crippen LogP contribution in [0.2, 0.25) is 0 Å². The molecular formula is C43H51N15O6. The summed E-state index contributed by atoms with van der Waals surface area (Å²) in [5, 5.41) is 21.8. The zero-order valence-corrected chi connectivity index (χ0v) is 36.4. The van der Waals surface area contributed by atoms with Gasteiger partial charge in [-0.05, 0) is 70.5 Å². The summed E-state index contributed by atoms with van der Waals surface area (Å²) in [4.78, 5) is 56.6. The number of nitrogens with one attached hydrogen (secondary N) is 3. The van der Waals surface area contributed by atoms with Crippen LogP contribution in [0, 0.1) is 13.8 Å². The van der Waals surface area contributed by atoms with Crippen LogP contribution in [0.4, 0.5) is 11.9 Å². The van der Waals surface area contributed by atoms with E-state index in [1.165, 1.54) is 6.33 Å². The average Bonchev–Trinajstić information content (AvgIpc) is 4.14. The molecule has 0 saturated carbocycles. The van der Waals surface area contributed by atoms with Crippen LogP contribution in [0.25, 0.3) is 33.5 Å². The second kappa shape index (κ2) is 18.9. The summed E-state index contributed by atoms with van der Waals surface area (Å²) in [5.74, 6) is 0.469. The molecule has 1 aliphatic rings. The van der Waals surface area contributed by atoms with Crippen LogP contribution < -0.4 is 25.8 Å². The Labute approximate surface area is 367 Å². The number of benzene rings is 2. The Morgan fingerprint density at radius 3 is 1.97 bits per heavy atom. The highest BCUT2D eigenvalue weighted by molar-refractivity contribution is 6.05. The molecule has 7 aromatic rings. The molecule has 21 nitrogen and oxygen atoms in total. The molecule has 5 aromatic heterocycles. The van der Waals surface area contributed by atoms with Crippen molar-refractivity contribution < 1.29 is 28.6 Å². The lowest BCUT2D eigenvalue weighted by molar-refractivity contribution is 0.0358. The normalized spacial score (nSPS) is 13.3. The van der Waals surface area contributed by atoms with Gasteiger partial charge < -0.3 is 29.1 Å². The third kappa shape index (κ3) is 9.06. The van der Waals surface area contributed by atoms with E-state index < -0.39 is 11.8 Å². The van der Waals surface area contributed by atoms with Gasteiger partial charge in [-0.1, -0.05) is 12.2 Å². The van der Waals surface area contributed by atoms with Crippen LogP contribution in [0.3, 0.4) is 0 Å². The first kappa shape index (κ1) is 43.3. The predicted octanol–water partition coefficient (Wildman–Crippen LogP) is 4.19. The van der Waals surface area contributed by atoms with Gasteiger partial charge in [-0.3, -0.25) is 44.4 Å². The van der Waals surface area contributed by atoms with Crippen LogP contribution in [-0.4, -0.2) is 123 Å². The van der Waals surface area contributed by atoms with E-state index >= 15 is 0 Å². The summed E-state index contributed by atoms with van der Waals surface area (Å²) in [6.45, 7) is 13.2. The second-order valence-electron chi connectivity index (χ2n) is 15.2. The number of primary amides is 1.